The van der Waals surface area contributed by atoms with Crippen LogP contribution in [0.25, 0.3) is 0 Å². The molecule has 0 aliphatic carbocycles. The molecular formula is C8H17N. The maximum atomic E-state index is 5.60. The van der Waals surface area contributed by atoms with E-state index >= 15 is 0 Å². The lowest BCUT2D eigenvalue weighted by molar-refractivity contribution is 0.514. The van der Waals surface area contributed by atoms with Crippen molar-refractivity contribution in [3.63, 3.8) is 0 Å². The predicted octanol–water partition coefficient (Wildman–Crippen LogP) is 1.94. The molecule has 0 aromatic heterocycles. The Morgan fingerprint density at radius 1 is 1.67 bits per heavy atom. The van der Waals surface area contributed by atoms with Crippen molar-refractivity contribution in [1.82, 2.24) is 0 Å². The van der Waals surface area contributed by atoms with E-state index in [1.165, 1.54) is 0 Å². The quantitative estimate of drug-likeness (QED) is 0.574. The van der Waals surface area contributed by atoms with E-state index in [1.807, 2.05) is 13.0 Å². The molecular weight excluding hydrogens is 110 g/mol. The van der Waals surface area contributed by atoms with Crippen LogP contribution in [-0.2, 0) is 0 Å². The Hall–Kier alpha value is -0.300. The zero-order chi connectivity index (χ0) is 7.28. The summed E-state index contributed by atoms with van der Waals surface area (Å²) in [5.74, 6) is 0.616. The molecule has 9 heavy (non-hydrogen) atoms. The lowest BCUT2D eigenvalue weighted by Crippen LogP contribution is -2.18. The molecule has 0 aliphatic rings. The van der Waals surface area contributed by atoms with E-state index in [9.17, 15) is 0 Å². The minimum Gasteiger partial charge on any atom is -0.328 e. The highest BCUT2D eigenvalue weighted by Crippen LogP contribution is 2.09. The van der Waals surface area contributed by atoms with Gasteiger partial charge in [0.1, 0.15) is 0 Å². The first-order chi connectivity index (χ1) is 4.20. The maximum Gasteiger partial charge on any atom is 0.00160 e. The van der Waals surface area contributed by atoms with Crippen LogP contribution in [0, 0.1) is 5.92 Å². The highest BCUT2D eigenvalue weighted by molar-refractivity contribution is 4.79. The van der Waals surface area contributed by atoms with Gasteiger partial charge >= 0.3 is 0 Å². The summed E-state index contributed by atoms with van der Waals surface area (Å²) in [6, 6.07) is 0.313. The van der Waals surface area contributed by atoms with Crippen molar-refractivity contribution in [1.29, 1.82) is 0 Å². The summed E-state index contributed by atoms with van der Waals surface area (Å²) in [6.45, 7) is 7.92. The topological polar surface area (TPSA) is 26.0 Å². The molecule has 0 radical (unpaired) electrons. The minimum atomic E-state index is 0.313. The molecule has 2 unspecified atom stereocenters. The van der Waals surface area contributed by atoms with Crippen molar-refractivity contribution in [3.05, 3.63) is 12.7 Å². The Labute approximate surface area is 57.9 Å². The van der Waals surface area contributed by atoms with Crippen LogP contribution < -0.4 is 5.73 Å². The Balaban J connectivity index is 3.42. The van der Waals surface area contributed by atoms with E-state index in [0.717, 1.165) is 12.8 Å². The summed E-state index contributed by atoms with van der Waals surface area (Å²) in [6.07, 6.45) is 4.22. The van der Waals surface area contributed by atoms with Crippen molar-refractivity contribution in [2.24, 2.45) is 11.7 Å². The van der Waals surface area contributed by atoms with Gasteiger partial charge in [-0.2, -0.15) is 0 Å². The zero-order valence-corrected chi connectivity index (χ0v) is 6.43. The smallest absolute Gasteiger partial charge is 0.00160 e. The standard InChI is InChI=1S/C8H17N/c1-4-8(5-2)6-7(3)9/h4,7-8H,1,5-6,9H2,2-3H3. The predicted molar refractivity (Wildman–Crippen MR) is 42.2 cm³/mol. The van der Waals surface area contributed by atoms with Gasteiger partial charge in [-0.15, -0.1) is 6.58 Å². The van der Waals surface area contributed by atoms with Crippen LogP contribution in [0.4, 0.5) is 0 Å². The van der Waals surface area contributed by atoms with Crippen molar-refractivity contribution >= 4 is 0 Å². The highest BCUT2D eigenvalue weighted by Gasteiger charge is 2.02. The molecule has 1 heteroatoms. The molecule has 0 aromatic rings. The average molecular weight is 127 g/mol. The molecule has 54 valence electrons. The van der Waals surface area contributed by atoms with Crippen LogP contribution in [0.2, 0.25) is 0 Å². The van der Waals surface area contributed by atoms with Crippen molar-refractivity contribution in [2.75, 3.05) is 0 Å². The third-order valence-electron chi connectivity index (χ3n) is 1.53. The van der Waals surface area contributed by atoms with Gasteiger partial charge in [0.15, 0.2) is 0 Å². The van der Waals surface area contributed by atoms with Crippen molar-refractivity contribution in [2.45, 2.75) is 32.7 Å². The average Bonchev–Trinajstić information content (AvgIpc) is 1.82. The number of hydrogen-bond acceptors (Lipinski definition) is 1. The van der Waals surface area contributed by atoms with E-state index in [2.05, 4.69) is 13.5 Å². The Bertz CT molecular complexity index is 76.6. The van der Waals surface area contributed by atoms with Crippen LogP contribution in [-0.4, -0.2) is 6.04 Å². The molecule has 0 saturated carbocycles. The maximum absolute atomic E-state index is 5.60. The molecule has 2 atom stereocenters. The van der Waals surface area contributed by atoms with E-state index in [-0.39, 0.29) is 0 Å². The largest absolute Gasteiger partial charge is 0.328 e. The van der Waals surface area contributed by atoms with Gasteiger partial charge in [-0.25, -0.2) is 0 Å². The monoisotopic (exact) mass is 127 g/mol. The van der Waals surface area contributed by atoms with Crippen LogP contribution in [0.5, 0.6) is 0 Å². The molecule has 0 spiro atoms. The first-order valence-corrected chi connectivity index (χ1v) is 3.58. The van der Waals surface area contributed by atoms with Crippen LogP contribution in [0.15, 0.2) is 12.7 Å². The molecule has 0 rings (SSSR count). The fourth-order valence-electron chi connectivity index (χ4n) is 0.907. The van der Waals surface area contributed by atoms with Gasteiger partial charge in [0.2, 0.25) is 0 Å². The van der Waals surface area contributed by atoms with Gasteiger partial charge in [0.05, 0.1) is 0 Å². The van der Waals surface area contributed by atoms with Gasteiger partial charge in [-0.3, -0.25) is 0 Å². The molecule has 0 aromatic carbocycles. The second-order valence-corrected chi connectivity index (χ2v) is 2.62. The fourth-order valence-corrected chi connectivity index (χ4v) is 0.907. The summed E-state index contributed by atoms with van der Waals surface area (Å²) in [4.78, 5) is 0. The number of hydrogen-bond donors (Lipinski definition) is 1. The van der Waals surface area contributed by atoms with Crippen molar-refractivity contribution in [3.8, 4) is 0 Å². The molecule has 2 N–H and O–H groups in total. The van der Waals surface area contributed by atoms with E-state index in [0.29, 0.717) is 12.0 Å². The summed E-state index contributed by atoms with van der Waals surface area (Å²) < 4.78 is 0. The normalized spacial score (nSPS) is 16.8. The highest BCUT2D eigenvalue weighted by atomic mass is 14.6. The SMILES string of the molecule is C=CC(CC)CC(C)N. The van der Waals surface area contributed by atoms with Gasteiger partial charge in [-0.05, 0) is 25.7 Å². The van der Waals surface area contributed by atoms with Crippen LogP contribution in [0.3, 0.4) is 0 Å². The lowest BCUT2D eigenvalue weighted by atomic mass is 9.99. The molecule has 0 heterocycles. The van der Waals surface area contributed by atoms with Crippen LogP contribution >= 0.6 is 0 Å². The van der Waals surface area contributed by atoms with Crippen LogP contribution in [0.1, 0.15) is 26.7 Å². The first kappa shape index (κ1) is 8.70. The summed E-state index contributed by atoms with van der Waals surface area (Å²) >= 11 is 0. The number of rotatable bonds is 4. The summed E-state index contributed by atoms with van der Waals surface area (Å²) in [7, 11) is 0. The van der Waals surface area contributed by atoms with E-state index < -0.39 is 0 Å². The van der Waals surface area contributed by atoms with Gasteiger partial charge in [0.25, 0.3) is 0 Å². The minimum absolute atomic E-state index is 0.313. The molecule has 0 saturated heterocycles. The molecule has 0 fully saturated rings. The molecule has 0 aliphatic heterocycles. The fraction of sp³-hybridized carbons (Fsp3) is 0.750. The molecule has 0 amide bonds. The lowest BCUT2D eigenvalue weighted by Gasteiger charge is -2.11. The third-order valence-corrected chi connectivity index (χ3v) is 1.53. The second kappa shape index (κ2) is 4.57. The molecule has 1 nitrogen and oxygen atoms in total. The third kappa shape index (κ3) is 4.22. The van der Waals surface area contributed by atoms with Gasteiger partial charge in [-0.1, -0.05) is 13.0 Å². The Morgan fingerprint density at radius 2 is 2.22 bits per heavy atom. The number of allylic oxidation sites excluding steroid dienone is 1. The Kier molecular flexibility index (Phi) is 4.41. The van der Waals surface area contributed by atoms with Crippen molar-refractivity contribution < 1.29 is 0 Å². The second-order valence-electron chi connectivity index (χ2n) is 2.62. The zero-order valence-electron chi connectivity index (χ0n) is 6.43. The van der Waals surface area contributed by atoms with E-state index in [4.69, 9.17) is 5.73 Å². The summed E-state index contributed by atoms with van der Waals surface area (Å²) in [5, 5.41) is 0. The van der Waals surface area contributed by atoms with Gasteiger partial charge in [0, 0.05) is 6.04 Å². The first-order valence-electron chi connectivity index (χ1n) is 3.58. The Morgan fingerprint density at radius 3 is 2.33 bits per heavy atom. The summed E-state index contributed by atoms with van der Waals surface area (Å²) in [5.41, 5.74) is 5.60. The number of nitrogens with two attached hydrogens (primary N) is 1. The van der Waals surface area contributed by atoms with E-state index in [1.54, 1.807) is 0 Å². The molecule has 0 bridgehead atoms. The van der Waals surface area contributed by atoms with Gasteiger partial charge < -0.3 is 5.73 Å².